The van der Waals surface area contributed by atoms with Crippen LogP contribution in [0.15, 0.2) is 11.1 Å². The van der Waals surface area contributed by atoms with Gasteiger partial charge in [-0.05, 0) is 45.1 Å². The first-order valence-electron chi connectivity index (χ1n) is 8.37. The van der Waals surface area contributed by atoms with Crippen molar-refractivity contribution in [2.45, 2.75) is 46.2 Å². The summed E-state index contributed by atoms with van der Waals surface area (Å²) in [5, 5.41) is 3.30. The molecule has 0 unspecified atom stereocenters. The van der Waals surface area contributed by atoms with Crippen molar-refractivity contribution in [3.8, 4) is 0 Å². The van der Waals surface area contributed by atoms with Crippen LogP contribution in [0.3, 0.4) is 0 Å². The van der Waals surface area contributed by atoms with Crippen molar-refractivity contribution >= 4 is 33.4 Å². The van der Waals surface area contributed by atoms with Gasteiger partial charge < -0.3 is 10.1 Å². The maximum atomic E-state index is 12.7. The Kier molecular flexibility index (Phi) is 4.89. The van der Waals surface area contributed by atoms with Crippen LogP contribution in [-0.4, -0.2) is 34.1 Å². The molecule has 134 valence electrons. The van der Waals surface area contributed by atoms with Crippen LogP contribution in [0.5, 0.6) is 0 Å². The number of rotatable bonds is 6. The van der Waals surface area contributed by atoms with E-state index in [1.54, 1.807) is 13.8 Å². The van der Waals surface area contributed by atoms with Crippen molar-refractivity contribution in [1.29, 1.82) is 0 Å². The number of carbonyl (C=O) groups is 2. The number of hydrogen-bond donors (Lipinski definition) is 1. The molecule has 1 aliphatic rings. The number of nitrogens with zero attached hydrogens (tertiary/aromatic N) is 2. The third-order valence-corrected chi connectivity index (χ3v) is 5.59. The molecule has 1 fully saturated rings. The van der Waals surface area contributed by atoms with Gasteiger partial charge in [-0.1, -0.05) is 0 Å². The topological polar surface area (TPSA) is 90.3 Å². The van der Waals surface area contributed by atoms with Gasteiger partial charge in [0.2, 0.25) is 5.91 Å². The first-order chi connectivity index (χ1) is 11.9. The largest absolute Gasteiger partial charge is 0.462 e. The number of amides is 1. The zero-order chi connectivity index (χ0) is 18.1. The van der Waals surface area contributed by atoms with E-state index < -0.39 is 5.97 Å². The van der Waals surface area contributed by atoms with Crippen LogP contribution in [0.1, 0.15) is 41.9 Å². The summed E-state index contributed by atoms with van der Waals surface area (Å²) >= 11 is 1.14. The maximum absolute atomic E-state index is 12.7. The van der Waals surface area contributed by atoms with Crippen molar-refractivity contribution in [3.63, 3.8) is 0 Å². The number of thiophene rings is 1. The van der Waals surface area contributed by atoms with E-state index in [9.17, 15) is 14.4 Å². The van der Waals surface area contributed by atoms with Crippen molar-refractivity contribution in [2.75, 3.05) is 6.61 Å². The highest BCUT2D eigenvalue weighted by molar-refractivity contribution is 7.20. The van der Waals surface area contributed by atoms with E-state index in [0.29, 0.717) is 26.6 Å². The van der Waals surface area contributed by atoms with Crippen molar-refractivity contribution in [3.05, 3.63) is 27.1 Å². The SMILES string of the molecule is CCOC(=O)c1sc2ncn(CC(=O)N[C@@H](C)C3CC3)c(=O)c2c1C. The Morgan fingerprint density at radius 3 is 2.84 bits per heavy atom. The van der Waals surface area contributed by atoms with Crippen LogP contribution < -0.4 is 10.9 Å². The lowest BCUT2D eigenvalue weighted by Crippen LogP contribution is -2.38. The van der Waals surface area contributed by atoms with Crippen LogP contribution >= 0.6 is 11.3 Å². The molecule has 1 N–H and O–H groups in total. The van der Waals surface area contributed by atoms with Gasteiger partial charge in [-0.25, -0.2) is 9.78 Å². The number of hydrogen-bond acceptors (Lipinski definition) is 6. The fourth-order valence-electron chi connectivity index (χ4n) is 2.83. The van der Waals surface area contributed by atoms with Crippen molar-refractivity contribution in [1.82, 2.24) is 14.9 Å². The van der Waals surface area contributed by atoms with Crippen LogP contribution in [0, 0.1) is 12.8 Å². The van der Waals surface area contributed by atoms with E-state index in [-0.39, 0.29) is 30.7 Å². The molecule has 0 aliphatic heterocycles. The second kappa shape index (κ2) is 6.95. The van der Waals surface area contributed by atoms with Gasteiger partial charge >= 0.3 is 5.97 Å². The van der Waals surface area contributed by atoms with Gasteiger partial charge in [0.05, 0.1) is 18.3 Å². The van der Waals surface area contributed by atoms with Gasteiger partial charge in [0.1, 0.15) is 16.3 Å². The first kappa shape index (κ1) is 17.6. The minimum atomic E-state index is -0.454. The lowest BCUT2D eigenvalue weighted by molar-refractivity contribution is -0.122. The highest BCUT2D eigenvalue weighted by Crippen LogP contribution is 2.32. The Morgan fingerprint density at radius 2 is 2.20 bits per heavy atom. The lowest BCUT2D eigenvalue weighted by Gasteiger charge is -2.13. The summed E-state index contributed by atoms with van der Waals surface area (Å²) in [4.78, 5) is 42.0. The van der Waals surface area contributed by atoms with Crippen LogP contribution in [0.4, 0.5) is 0 Å². The van der Waals surface area contributed by atoms with Gasteiger partial charge in [0.15, 0.2) is 0 Å². The number of esters is 1. The molecule has 3 rings (SSSR count). The molecule has 2 aromatic rings. The number of carbonyl (C=O) groups excluding carboxylic acids is 2. The Bertz CT molecular complexity index is 882. The first-order valence-corrected chi connectivity index (χ1v) is 9.19. The zero-order valence-electron chi connectivity index (χ0n) is 14.5. The molecule has 0 radical (unpaired) electrons. The van der Waals surface area contributed by atoms with Crippen molar-refractivity contribution < 1.29 is 14.3 Å². The Hall–Kier alpha value is -2.22. The van der Waals surface area contributed by atoms with E-state index in [2.05, 4.69) is 10.3 Å². The van der Waals surface area contributed by atoms with Gasteiger partial charge in [0.25, 0.3) is 5.56 Å². The summed E-state index contributed by atoms with van der Waals surface area (Å²) in [7, 11) is 0. The molecular formula is C17H21N3O4S. The van der Waals surface area contributed by atoms with Crippen molar-refractivity contribution in [2.24, 2.45) is 5.92 Å². The highest BCUT2D eigenvalue weighted by Gasteiger charge is 2.29. The smallest absolute Gasteiger partial charge is 0.348 e. The maximum Gasteiger partial charge on any atom is 0.348 e. The lowest BCUT2D eigenvalue weighted by atomic mass is 10.2. The molecule has 0 aromatic carbocycles. The molecule has 2 aromatic heterocycles. The molecule has 8 heteroatoms. The average molecular weight is 363 g/mol. The van der Waals surface area contributed by atoms with Crippen LogP contribution in [0.25, 0.3) is 10.2 Å². The van der Waals surface area contributed by atoms with Gasteiger partial charge in [-0.2, -0.15) is 0 Å². The molecule has 0 spiro atoms. The molecule has 1 atom stereocenters. The normalized spacial score (nSPS) is 15.2. The molecule has 25 heavy (non-hydrogen) atoms. The second-order valence-electron chi connectivity index (χ2n) is 6.33. The average Bonchev–Trinajstić information content (AvgIpc) is 3.35. The molecule has 2 heterocycles. The Morgan fingerprint density at radius 1 is 1.48 bits per heavy atom. The monoisotopic (exact) mass is 363 g/mol. The molecule has 0 bridgehead atoms. The van der Waals surface area contributed by atoms with E-state index in [4.69, 9.17) is 4.74 Å². The second-order valence-corrected chi connectivity index (χ2v) is 7.33. The number of aryl methyl sites for hydroxylation is 1. The molecule has 7 nitrogen and oxygen atoms in total. The molecule has 0 saturated heterocycles. The van der Waals surface area contributed by atoms with Gasteiger partial charge in [-0.3, -0.25) is 14.2 Å². The van der Waals surface area contributed by atoms with E-state index in [1.165, 1.54) is 10.9 Å². The summed E-state index contributed by atoms with van der Waals surface area (Å²) in [5.74, 6) is -0.112. The summed E-state index contributed by atoms with van der Waals surface area (Å²) in [6.07, 6.45) is 3.64. The molecule has 1 saturated carbocycles. The van der Waals surface area contributed by atoms with Crippen LogP contribution in [-0.2, 0) is 16.1 Å². The number of aromatic nitrogens is 2. The molecule has 1 amide bonds. The minimum Gasteiger partial charge on any atom is -0.462 e. The zero-order valence-corrected chi connectivity index (χ0v) is 15.3. The summed E-state index contributed by atoms with van der Waals surface area (Å²) in [6.45, 7) is 5.60. The summed E-state index contributed by atoms with van der Waals surface area (Å²) in [6, 6.07) is 0.123. The number of ether oxygens (including phenoxy) is 1. The van der Waals surface area contributed by atoms with E-state index >= 15 is 0 Å². The number of nitrogens with one attached hydrogen (secondary N) is 1. The molecule has 1 aliphatic carbocycles. The molecular weight excluding hydrogens is 342 g/mol. The van der Waals surface area contributed by atoms with E-state index in [0.717, 1.165) is 24.2 Å². The highest BCUT2D eigenvalue weighted by atomic mass is 32.1. The Balaban J connectivity index is 1.86. The third-order valence-electron chi connectivity index (χ3n) is 4.41. The fourth-order valence-corrected chi connectivity index (χ4v) is 3.86. The van der Waals surface area contributed by atoms with Crippen LogP contribution in [0.2, 0.25) is 0 Å². The van der Waals surface area contributed by atoms with Gasteiger partial charge in [0, 0.05) is 6.04 Å². The quantitative estimate of drug-likeness (QED) is 0.791. The minimum absolute atomic E-state index is 0.0805. The fraction of sp³-hybridized carbons (Fsp3) is 0.529. The van der Waals surface area contributed by atoms with Gasteiger partial charge in [-0.15, -0.1) is 11.3 Å². The third kappa shape index (κ3) is 3.58. The summed E-state index contributed by atoms with van der Waals surface area (Å²) in [5.41, 5.74) is 0.237. The predicted octanol–water partition coefficient (Wildman–Crippen LogP) is 1.86. The number of fused-ring (bicyclic) bond motifs is 1. The summed E-state index contributed by atoms with van der Waals surface area (Å²) < 4.78 is 6.30. The van der Waals surface area contributed by atoms with E-state index in [1.807, 2.05) is 6.92 Å². The standard InChI is InChI=1S/C17H21N3O4S/c1-4-24-17(23)14-9(2)13-15(25-14)18-8-20(16(13)22)7-12(21)19-10(3)11-5-6-11/h8,10-11H,4-7H2,1-3H3,(H,19,21)/t10-/m0/s1. The Labute approximate surface area is 149 Å². The predicted molar refractivity (Wildman–Crippen MR) is 94.9 cm³/mol.